The monoisotopic (exact) mass is 189 g/mol. The second-order valence-corrected chi connectivity index (χ2v) is 3.69. The van der Waals surface area contributed by atoms with Gasteiger partial charge in [0, 0.05) is 6.54 Å². The summed E-state index contributed by atoms with van der Waals surface area (Å²) >= 11 is 0. The molecule has 0 aromatic heterocycles. The molecule has 3 N–H and O–H groups in total. The molecule has 0 amide bonds. The van der Waals surface area contributed by atoms with Crippen LogP contribution in [0.4, 0.5) is 11.4 Å². The molecule has 0 saturated heterocycles. The average molecular weight is 189 g/mol. The summed E-state index contributed by atoms with van der Waals surface area (Å²) in [6, 6.07) is 7.34. The predicted octanol–water partition coefficient (Wildman–Crippen LogP) is 2.21. The standard InChI is InChI=1S/C11H15N3/c1-8(2)7-14-11-4-3-9(6-12)5-10(11)13/h3-5,8,14H,7,13H2,1-2H3. The van der Waals surface area contributed by atoms with Gasteiger partial charge in [0.25, 0.3) is 0 Å². The third kappa shape index (κ3) is 2.67. The summed E-state index contributed by atoms with van der Waals surface area (Å²) in [4.78, 5) is 0. The molecular weight excluding hydrogens is 174 g/mol. The second kappa shape index (κ2) is 4.52. The van der Waals surface area contributed by atoms with Crippen molar-refractivity contribution in [3.63, 3.8) is 0 Å². The zero-order chi connectivity index (χ0) is 10.6. The number of rotatable bonds is 3. The second-order valence-electron chi connectivity index (χ2n) is 3.69. The minimum absolute atomic E-state index is 0.574. The van der Waals surface area contributed by atoms with E-state index in [-0.39, 0.29) is 0 Å². The Labute approximate surface area is 84.5 Å². The molecule has 0 spiro atoms. The third-order valence-corrected chi connectivity index (χ3v) is 1.88. The first kappa shape index (κ1) is 10.4. The van der Waals surface area contributed by atoms with Crippen LogP contribution in [0.2, 0.25) is 0 Å². The molecular formula is C11H15N3. The summed E-state index contributed by atoms with van der Waals surface area (Å²) in [6.07, 6.45) is 0. The normalized spacial score (nSPS) is 9.86. The first-order valence-corrected chi connectivity index (χ1v) is 4.67. The summed E-state index contributed by atoms with van der Waals surface area (Å²) in [5.41, 5.74) is 7.89. The van der Waals surface area contributed by atoms with Gasteiger partial charge in [-0.05, 0) is 24.1 Å². The fourth-order valence-corrected chi connectivity index (χ4v) is 1.11. The molecule has 0 fully saturated rings. The van der Waals surface area contributed by atoms with E-state index in [4.69, 9.17) is 11.0 Å². The van der Waals surface area contributed by atoms with Gasteiger partial charge in [0.05, 0.1) is 23.0 Å². The van der Waals surface area contributed by atoms with Gasteiger partial charge in [-0.2, -0.15) is 5.26 Å². The van der Waals surface area contributed by atoms with Gasteiger partial charge in [0.1, 0.15) is 0 Å². The highest BCUT2D eigenvalue weighted by molar-refractivity contribution is 5.68. The van der Waals surface area contributed by atoms with Crippen LogP contribution in [0.3, 0.4) is 0 Å². The van der Waals surface area contributed by atoms with Crippen LogP contribution in [0.15, 0.2) is 18.2 Å². The van der Waals surface area contributed by atoms with Crippen molar-refractivity contribution in [2.24, 2.45) is 5.92 Å². The van der Waals surface area contributed by atoms with Crippen LogP contribution < -0.4 is 11.1 Å². The molecule has 1 rings (SSSR count). The molecule has 0 aliphatic rings. The minimum atomic E-state index is 0.574. The van der Waals surface area contributed by atoms with Crippen LogP contribution in [0.5, 0.6) is 0 Å². The van der Waals surface area contributed by atoms with E-state index in [0.29, 0.717) is 17.2 Å². The maximum Gasteiger partial charge on any atom is 0.0992 e. The Bertz CT molecular complexity index is 350. The minimum Gasteiger partial charge on any atom is -0.397 e. The molecule has 0 unspecified atom stereocenters. The summed E-state index contributed by atoms with van der Waals surface area (Å²) in [5.74, 6) is 0.574. The van der Waals surface area contributed by atoms with Crippen molar-refractivity contribution in [3.05, 3.63) is 23.8 Å². The van der Waals surface area contributed by atoms with Crippen molar-refractivity contribution in [1.82, 2.24) is 0 Å². The molecule has 74 valence electrons. The van der Waals surface area contributed by atoms with Crippen LogP contribution >= 0.6 is 0 Å². The molecule has 0 aliphatic carbocycles. The lowest BCUT2D eigenvalue weighted by molar-refractivity contribution is 0.689. The van der Waals surface area contributed by atoms with Gasteiger partial charge in [-0.1, -0.05) is 13.8 Å². The molecule has 1 aromatic carbocycles. The highest BCUT2D eigenvalue weighted by atomic mass is 14.9. The number of nitrogens with zero attached hydrogens (tertiary/aromatic N) is 1. The van der Waals surface area contributed by atoms with Crippen LogP contribution in [0.1, 0.15) is 19.4 Å². The summed E-state index contributed by atoms with van der Waals surface area (Å²) in [5, 5.41) is 11.9. The van der Waals surface area contributed by atoms with E-state index >= 15 is 0 Å². The van der Waals surface area contributed by atoms with E-state index in [0.717, 1.165) is 12.2 Å². The lowest BCUT2D eigenvalue weighted by Crippen LogP contribution is -2.09. The van der Waals surface area contributed by atoms with Gasteiger partial charge in [-0.25, -0.2) is 0 Å². The predicted molar refractivity (Wildman–Crippen MR) is 58.9 cm³/mol. The first-order chi connectivity index (χ1) is 6.63. The third-order valence-electron chi connectivity index (χ3n) is 1.88. The number of nitrogens with two attached hydrogens (primary N) is 1. The van der Waals surface area contributed by atoms with Gasteiger partial charge in [-0.15, -0.1) is 0 Å². The summed E-state index contributed by atoms with van der Waals surface area (Å²) < 4.78 is 0. The molecule has 0 atom stereocenters. The number of benzene rings is 1. The fraction of sp³-hybridized carbons (Fsp3) is 0.364. The van der Waals surface area contributed by atoms with Gasteiger partial charge < -0.3 is 11.1 Å². The Hall–Kier alpha value is -1.69. The molecule has 14 heavy (non-hydrogen) atoms. The Morgan fingerprint density at radius 2 is 2.21 bits per heavy atom. The van der Waals surface area contributed by atoms with Crippen LogP contribution in [0.25, 0.3) is 0 Å². The van der Waals surface area contributed by atoms with E-state index < -0.39 is 0 Å². The van der Waals surface area contributed by atoms with Gasteiger partial charge in [0.2, 0.25) is 0 Å². The number of nitrogens with one attached hydrogen (secondary N) is 1. The topological polar surface area (TPSA) is 61.8 Å². The fourth-order valence-electron chi connectivity index (χ4n) is 1.11. The Morgan fingerprint density at radius 3 is 2.71 bits per heavy atom. The zero-order valence-electron chi connectivity index (χ0n) is 8.54. The van der Waals surface area contributed by atoms with Crippen LogP contribution in [-0.2, 0) is 0 Å². The van der Waals surface area contributed by atoms with Crippen molar-refractivity contribution < 1.29 is 0 Å². The summed E-state index contributed by atoms with van der Waals surface area (Å²) in [7, 11) is 0. The highest BCUT2D eigenvalue weighted by Crippen LogP contribution is 2.19. The highest BCUT2D eigenvalue weighted by Gasteiger charge is 2.00. The van der Waals surface area contributed by atoms with E-state index in [1.54, 1.807) is 12.1 Å². The molecule has 0 radical (unpaired) electrons. The average Bonchev–Trinajstić information content (AvgIpc) is 2.15. The largest absolute Gasteiger partial charge is 0.397 e. The van der Waals surface area contributed by atoms with E-state index in [1.165, 1.54) is 0 Å². The zero-order valence-corrected chi connectivity index (χ0v) is 8.54. The number of hydrogen-bond donors (Lipinski definition) is 2. The maximum atomic E-state index is 8.65. The lowest BCUT2D eigenvalue weighted by atomic mass is 10.1. The van der Waals surface area contributed by atoms with Crippen molar-refractivity contribution in [2.75, 3.05) is 17.6 Å². The molecule has 3 nitrogen and oxygen atoms in total. The number of anilines is 2. The number of nitrogen functional groups attached to an aromatic ring is 1. The van der Waals surface area contributed by atoms with E-state index in [9.17, 15) is 0 Å². The number of nitriles is 1. The molecule has 0 bridgehead atoms. The van der Waals surface area contributed by atoms with Crippen molar-refractivity contribution in [3.8, 4) is 6.07 Å². The Morgan fingerprint density at radius 1 is 1.50 bits per heavy atom. The van der Waals surface area contributed by atoms with Crippen molar-refractivity contribution in [1.29, 1.82) is 5.26 Å². The SMILES string of the molecule is CC(C)CNc1ccc(C#N)cc1N. The van der Waals surface area contributed by atoms with Gasteiger partial charge in [0.15, 0.2) is 0 Å². The quantitative estimate of drug-likeness (QED) is 0.716. The first-order valence-electron chi connectivity index (χ1n) is 4.67. The number of hydrogen-bond acceptors (Lipinski definition) is 3. The summed E-state index contributed by atoms with van der Waals surface area (Å²) in [6.45, 7) is 5.15. The Balaban J connectivity index is 2.75. The van der Waals surface area contributed by atoms with E-state index in [2.05, 4.69) is 25.2 Å². The smallest absolute Gasteiger partial charge is 0.0992 e. The molecule has 1 aromatic rings. The molecule has 0 saturated carbocycles. The van der Waals surface area contributed by atoms with Crippen LogP contribution in [-0.4, -0.2) is 6.54 Å². The van der Waals surface area contributed by atoms with Crippen molar-refractivity contribution in [2.45, 2.75) is 13.8 Å². The molecule has 3 heteroatoms. The maximum absolute atomic E-state index is 8.65. The van der Waals surface area contributed by atoms with Gasteiger partial charge in [-0.3, -0.25) is 0 Å². The molecule has 0 heterocycles. The van der Waals surface area contributed by atoms with Crippen LogP contribution in [0, 0.1) is 17.2 Å². The van der Waals surface area contributed by atoms with Crippen molar-refractivity contribution >= 4 is 11.4 Å². The Kier molecular flexibility index (Phi) is 3.35. The lowest BCUT2D eigenvalue weighted by Gasteiger charge is -2.11. The molecule has 0 aliphatic heterocycles. The van der Waals surface area contributed by atoms with E-state index in [1.807, 2.05) is 6.07 Å². The van der Waals surface area contributed by atoms with Gasteiger partial charge >= 0.3 is 0 Å².